The Morgan fingerprint density at radius 1 is 1.11 bits per heavy atom. The molecule has 142 valence electrons. The van der Waals surface area contributed by atoms with E-state index in [1.165, 1.54) is 19.3 Å². The molecular formula is C21H27N5O. The number of likely N-dealkylation sites (N-methyl/N-ethyl adjacent to an activating group) is 1. The Balaban J connectivity index is 1.60. The van der Waals surface area contributed by atoms with Gasteiger partial charge in [0.1, 0.15) is 6.04 Å². The molecule has 2 aromatic rings. The second-order valence-corrected chi connectivity index (χ2v) is 7.49. The van der Waals surface area contributed by atoms with Crippen LogP contribution < -0.4 is 4.90 Å². The number of carbonyl (C=O) groups is 1. The Labute approximate surface area is 160 Å². The topological polar surface area (TPSA) is 62.2 Å². The largest absolute Gasteiger partial charge is 0.335 e. The van der Waals surface area contributed by atoms with Crippen LogP contribution in [-0.4, -0.2) is 44.4 Å². The highest BCUT2D eigenvalue weighted by Gasteiger charge is 2.47. The molecule has 3 atom stereocenters. The lowest BCUT2D eigenvalue weighted by atomic mass is 9.84. The van der Waals surface area contributed by atoms with Gasteiger partial charge in [0.15, 0.2) is 0 Å². The maximum atomic E-state index is 13.5. The van der Waals surface area contributed by atoms with Gasteiger partial charge in [0, 0.05) is 31.2 Å². The molecule has 2 aliphatic rings. The fourth-order valence-corrected chi connectivity index (χ4v) is 4.64. The minimum atomic E-state index is -0.177. The second kappa shape index (κ2) is 8.03. The van der Waals surface area contributed by atoms with E-state index < -0.39 is 0 Å². The van der Waals surface area contributed by atoms with Crippen LogP contribution in [0, 0.1) is 5.92 Å². The van der Waals surface area contributed by atoms with E-state index in [1.807, 2.05) is 36.1 Å². The van der Waals surface area contributed by atoms with Gasteiger partial charge in [-0.2, -0.15) is 0 Å². The fraction of sp³-hybridized carbons (Fsp3) is 0.524. The minimum absolute atomic E-state index is 0.171. The number of anilines is 1. The molecule has 3 heterocycles. The van der Waals surface area contributed by atoms with Gasteiger partial charge in [-0.25, -0.2) is 9.97 Å². The molecule has 2 fully saturated rings. The van der Waals surface area contributed by atoms with Crippen LogP contribution in [-0.2, 0) is 11.3 Å². The molecule has 3 unspecified atom stereocenters. The molecule has 1 aliphatic heterocycles. The Morgan fingerprint density at radius 2 is 1.89 bits per heavy atom. The van der Waals surface area contributed by atoms with Gasteiger partial charge in [-0.3, -0.25) is 9.78 Å². The normalized spacial score (nSPS) is 24.5. The summed E-state index contributed by atoms with van der Waals surface area (Å²) < 4.78 is 0. The number of fused-ring (bicyclic) bond motifs is 1. The third-order valence-electron chi connectivity index (χ3n) is 5.93. The monoisotopic (exact) mass is 365 g/mol. The van der Waals surface area contributed by atoms with Crippen LogP contribution in [0.15, 0.2) is 42.9 Å². The van der Waals surface area contributed by atoms with Crippen molar-refractivity contribution in [2.75, 3.05) is 11.4 Å². The molecular weight excluding hydrogens is 338 g/mol. The first-order valence-electron chi connectivity index (χ1n) is 10.0. The Kier molecular flexibility index (Phi) is 5.32. The van der Waals surface area contributed by atoms with Crippen LogP contribution in [0.1, 0.15) is 44.7 Å². The van der Waals surface area contributed by atoms with Crippen molar-refractivity contribution in [1.82, 2.24) is 19.9 Å². The van der Waals surface area contributed by atoms with Gasteiger partial charge < -0.3 is 9.80 Å². The van der Waals surface area contributed by atoms with E-state index in [-0.39, 0.29) is 11.9 Å². The predicted octanol–water partition coefficient (Wildman–Crippen LogP) is 3.06. The first kappa shape index (κ1) is 17.9. The Morgan fingerprint density at radius 3 is 2.63 bits per heavy atom. The first-order chi connectivity index (χ1) is 13.3. The molecule has 1 saturated carbocycles. The van der Waals surface area contributed by atoms with Crippen molar-refractivity contribution < 1.29 is 4.79 Å². The molecule has 0 aromatic carbocycles. The number of amides is 1. The Hall–Kier alpha value is -2.50. The molecule has 27 heavy (non-hydrogen) atoms. The van der Waals surface area contributed by atoms with Gasteiger partial charge in [-0.05, 0) is 50.3 Å². The van der Waals surface area contributed by atoms with E-state index in [0.717, 1.165) is 18.5 Å². The van der Waals surface area contributed by atoms with Gasteiger partial charge in [-0.1, -0.05) is 18.9 Å². The lowest BCUT2D eigenvalue weighted by Gasteiger charge is -2.35. The summed E-state index contributed by atoms with van der Waals surface area (Å²) >= 11 is 0. The molecule has 6 heteroatoms. The number of hydrogen-bond donors (Lipinski definition) is 0. The molecule has 0 spiro atoms. The highest BCUT2D eigenvalue weighted by Crippen LogP contribution is 2.41. The standard InChI is InChI=1S/C21H27N5O/c1-2-25(15-17-9-5-6-11-22-17)20(27)19-14-16-8-3-4-10-18(16)26(19)21-23-12-7-13-24-21/h5-7,9,11-13,16,18-19H,2-4,8,10,14-15H2,1H3. The SMILES string of the molecule is CCN(Cc1ccccn1)C(=O)C1CC2CCCCC2N1c1ncccn1. The molecule has 0 radical (unpaired) electrons. The van der Waals surface area contributed by atoms with Crippen LogP contribution in [0.25, 0.3) is 0 Å². The number of nitrogens with zero attached hydrogens (tertiary/aromatic N) is 5. The van der Waals surface area contributed by atoms with Crippen molar-refractivity contribution in [3.63, 3.8) is 0 Å². The highest BCUT2D eigenvalue weighted by atomic mass is 16.2. The number of carbonyl (C=O) groups excluding carboxylic acids is 1. The quantitative estimate of drug-likeness (QED) is 0.815. The third kappa shape index (κ3) is 3.66. The second-order valence-electron chi connectivity index (χ2n) is 7.49. The summed E-state index contributed by atoms with van der Waals surface area (Å²) in [5, 5.41) is 0. The zero-order valence-corrected chi connectivity index (χ0v) is 15.9. The van der Waals surface area contributed by atoms with Crippen molar-refractivity contribution >= 4 is 11.9 Å². The molecule has 6 nitrogen and oxygen atoms in total. The summed E-state index contributed by atoms with van der Waals surface area (Å²) in [4.78, 5) is 31.0. The van der Waals surface area contributed by atoms with Gasteiger partial charge in [0.25, 0.3) is 0 Å². The van der Waals surface area contributed by atoms with E-state index in [2.05, 4.69) is 19.9 Å². The summed E-state index contributed by atoms with van der Waals surface area (Å²) in [5.74, 6) is 1.43. The summed E-state index contributed by atoms with van der Waals surface area (Å²) in [7, 11) is 0. The highest BCUT2D eigenvalue weighted by molar-refractivity contribution is 5.85. The summed E-state index contributed by atoms with van der Waals surface area (Å²) in [6.07, 6.45) is 11.0. The lowest BCUT2D eigenvalue weighted by Crippen LogP contribution is -2.49. The van der Waals surface area contributed by atoms with Crippen molar-refractivity contribution in [3.8, 4) is 0 Å². The van der Waals surface area contributed by atoms with Gasteiger partial charge in [0.05, 0.1) is 12.2 Å². The van der Waals surface area contributed by atoms with E-state index in [9.17, 15) is 4.79 Å². The maximum Gasteiger partial charge on any atom is 0.245 e. The van der Waals surface area contributed by atoms with Crippen LogP contribution in [0.5, 0.6) is 0 Å². The van der Waals surface area contributed by atoms with Crippen molar-refractivity contribution in [2.45, 2.75) is 57.7 Å². The van der Waals surface area contributed by atoms with E-state index in [1.54, 1.807) is 18.6 Å². The van der Waals surface area contributed by atoms with Crippen molar-refractivity contribution in [3.05, 3.63) is 48.5 Å². The lowest BCUT2D eigenvalue weighted by molar-refractivity contribution is -0.133. The van der Waals surface area contributed by atoms with Crippen LogP contribution in [0.2, 0.25) is 0 Å². The molecule has 1 saturated heterocycles. The summed E-state index contributed by atoms with van der Waals surface area (Å²) in [6, 6.07) is 7.87. The molecule has 2 aromatic heterocycles. The predicted molar refractivity (Wildman–Crippen MR) is 104 cm³/mol. The number of aromatic nitrogens is 3. The molecule has 0 bridgehead atoms. The van der Waals surface area contributed by atoms with E-state index in [4.69, 9.17) is 0 Å². The zero-order valence-electron chi connectivity index (χ0n) is 15.9. The smallest absolute Gasteiger partial charge is 0.245 e. The third-order valence-corrected chi connectivity index (χ3v) is 5.93. The van der Waals surface area contributed by atoms with Gasteiger partial charge >= 0.3 is 0 Å². The van der Waals surface area contributed by atoms with Gasteiger partial charge in [-0.15, -0.1) is 0 Å². The molecule has 0 N–H and O–H groups in total. The van der Waals surface area contributed by atoms with E-state index >= 15 is 0 Å². The first-order valence-corrected chi connectivity index (χ1v) is 10.0. The average molecular weight is 365 g/mol. The van der Waals surface area contributed by atoms with Gasteiger partial charge in [0.2, 0.25) is 11.9 Å². The molecule has 1 amide bonds. The number of pyridine rings is 1. The Bertz CT molecular complexity index is 754. The number of rotatable bonds is 5. The number of hydrogen-bond acceptors (Lipinski definition) is 5. The summed E-state index contributed by atoms with van der Waals surface area (Å²) in [5.41, 5.74) is 0.922. The zero-order chi connectivity index (χ0) is 18.6. The van der Waals surface area contributed by atoms with E-state index in [0.29, 0.717) is 31.0 Å². The molecule has 4 rings (SSSR count). The van der Waals surface area contributed by atoms with Crippen LogP contribution in [0.4, 0.5) is 5.95 Å². The maximum absolute atomic E-state index is 13.5. The summed E-state index contributed by atoms with van der Waals surface area (Å²) in [6.45, 7) is 3.25. The fourth-order valence-electron chi connectivity index (χ4n) is 4.64. The van der Waals surface area contributed by atoms with Crippen molar-refractivity contribution in [1.29, 1.82) is 0 Å². The average Bonchev–Trinajstić information content (AvgIpc) is 3.12. The van der Waals surface area contributed by atoms with Crippen LogP contribution >= 0.6 is 0 Å². The van der Waals surface area contributed by atoms with Crippen LogP contribution in [0.3, 0.4) is 0 Å². The molecule has 1 aliphatic carbocycles. The minimum Gasteiger partial charge on any atom is -0.335 e. The van der Waals surface area contributed by atoms with Crippen molar-refractivity contribution in [2.24, 2.45) is 5.92 Å².